The Labute approximate surface area is 111 Å². The third-order valence-corrected chi connectivity index (χ3v) is 2.61. The Morgan fingerprint density at radius 3 is 2.79 bits per heavy atom. The van der Waals surface area contributed by atoms with E-state index in [-0.39, 0.29) is 0 Å². The summed E-state index contributed by atoms with van der Waals surface area (Å²) >= 11 is 0. The smallest absolute Gasteiger partial charge is 0.205 e. The van der Waals surface area contributed by atoms with E-state index in [9.17, 15) is 0 Å². The van der Waals surface area contributed by atoms with Crippen LogP contribution >= 0.6 is 0 Å². The number of anilines is 2. The van der Waals surface area contributed by atoms with E-state index in [2.05, 4.69) is 20.4 Å². The third kappa shape index (κ3) is 2.89. The molecule has 0 aliphatic rings. The summed E-state index contributed by atoms with van der Waals surface area (Å²) in [6.07, 6.45) is 3.19. The molecule has 0 saturated carbocycles. The van der Waals surface area contributed by atoms with Crippen LogP contribution in [0.3, 0.4) is 0 Å². The standard InChI is InChI=1S/C12H16N6O/c1-18(7-9-5-3-4-6-14-9)12-10(19-2)11(17-13)15-8-16-12/h3-6,8H,7,13H2,1-2H3,(H,15,16,17). The fourth-order valence-electron chi connectivity index (χ4n) is 1.74. The van der Waals surface area contributed by atoms with E-state index in [1.165, 1.54) is 6.33 Å². The average Bonchev–Trinajstić information content (AvgIpc) is 2.47. The molecule has 2 heterocycles. The molecule has 0 amide bonds. The summed E-state index contributed by atoms with van der Waals surface area (Å²) in [5, 5.41) is 0. The van der Waals surface area contributed by atoms with Gasteiger partial charge in [0.1, 0.15) is 6.33 Å². The third-order valence-electron chi connectivity index (χ3n) is 2.61. The van der Waals surface area contributed by atoms with Crippen molar-refractivity contribution in [3.05, 3.63) is 36.4 Å². The van der Waals surface area contributed by atoms with Gasteiger partial charge in [0.2, 0.25) is 5.75 Å². The van der Waals surface area contributed by atoms with E-state index in [1.807, 2.05) is 30.1 Å². The number of hydrogen-bond donors (Lipinski definition) is 2. The van der Waals surface area contributed by atoms with Crippen LogP contribution in [0.2, 0.25) is 0 Å². The lowest BCUT2D eigenvalue weighted by molar-refractivity contribution is 0.412. The van der Waals surface area contributed by atoms with E-state index in [1.54, 1.807) is 13.3 Å². The maximum absolute atomic E-state index is 5.40. The SMILES string of the molecule is COc1c(NN)ncnc1N(C)Cc1ccccn1. The van der Waals surface area contributed by atoms with Crippen molar-refractivity contribution in [1.29, 1.82) is 0 Å². The number of nitrogen functional groups attached to an aromatic ring is 1. The zero-order chi connectivity index (χ0) is 13.7. The number of nitrogens with two attached hydrogens (primary N) is 1. The minimum atomic E-state index is 0.445. The summed E-state index contributed by atoms with van der Waals surface area (Å²) in [5.74, 6) is 6.99. The Hall–Kier alpha value is -2.41. The Bertz CT molecular complexity index is 533. The molecule has 0 atom stereocenters. The number of hydrogen-bond acceptors (Lipinski definition) is 7. The van der Waals surface area contributed by atoms with Gasteiger partial charge in [0.05, 0.1) is 19.3 Å². The highest BCUT2D eigenvalue weighted by Gasteiger charge is 2.15. The highest BCUT2D eigenvalue weighted by molar-refractivity contribution is 5.64. The van der Waals surface area contributed by atoms with Crippen molar-refractivity contribution in [2.75, 3.05) is 24.5 Å². The van der Waals surface area contributed by atoms with Gasteiger partial charge in [-0.1, -0.05) is 6.07 Å². The van der Waals surface area contributed by atoms with Crippen LogP contribution < -0.4 is 20.9 Å². The summed E-state index contributed by atoms with van der Waals surface area (Å²) in [4.78, 5) is 14.4. The van der Waals surface area contributed by atoms with Gasteiger partial charge in [0, 0.05) is 13.2 Å². The molecule has 0 aliphatic carbocycles. The quantitative estimate of drug-likeness (QED) is 0.607. The topological polar surface area (TPSA) is 89.2 Å². The van der Waals surface area contributed by atoms with Gasteiger partial charge in [-0.15, -0.1) is 0 Å². The van der Waals surface area contributed by atoms with Gasteiger partial charge in [-0.3, -0.25) is 4.98 Å². The van der Waals surface area contributed by atoms with Gasteiger partial charge in [0.15, 0.2) is 11.6 Å². The summed E-state index contributed by atoms with van der Waals surface area (Å²) < 4.78 is 5.30. The second-order valence-corrected chi connectivity index (χ2v) is 3.90. The first-order chi connectivity index (χ1) is 9.26. The number of nitrogens with zero attached hydrogens (tertiary/aromatic N) is 4. The maximum atomic E-state index is 5.40. The van der Waals surface area contributed by atoms with Crippen molar-refractivity contribution in [1.82, 2.24) is 15.0 Å². The molecule has 0 saturated heterocycles. The first-order valence-corrected chi connectivity index (χ1v) is 5.73. The van der Waals surface area contributed by atoms with E-state index < -0.39 is 0 Å². The van der Waals surface area contributed by atoms with Crippen molar-refractivity contribution in [3.63, 3.8) is 0 Å². The van der Waals surface area contributed by atoms with Gasteiger partial charge in [-0.05, 0) is 12.1 Å². The Morgan fingerprint density at radius 2 is 2.16 bits per heavy atom. The molecule has 2 aromatic rings. The second kappa shape index (κ2) is 5.96. The average molecular weight is 260 g/mol. The number of ether oxygens (including phenoxy) is 1. The zero-order valence-electron chi connectivity index (χ0n) is 10.9. The summed E-state index contributed by atoms with van der Waals surface area (Å²) in [5.41, 5.74) is 3.43. The minimum Gasteiger partial charge on any atom is -0.490 e. The molecule has 0 spiro atoms. The number of hydrazine groups is 1. The number of methoxy groups -OCH3 is 1. The second-order valence-electron chi connectivity index (χ2n) is 3.90. The summed E-state index contributed by atoms with van der Waals surface area (Å²) in [7, 11) is 3.46. The van der Waals surface area contributed by atoms with E-state index in [4.69, 9.17) is 10.6 Å². The van der Waals surface area contributed by atoms with E-state index in [0.717, 1.165) is 5.69 Å². The summed E-state index contributed by atoms with van der Waals surface area (Å²) in [6, 6.07) is 5.78. The van der Waals surface area contributed by atoms with Gasteiger partial charge >= 0.3 is 0 Å². The molecule has 3 N–H and O–H groups in total. The predicted octanol–water partition coefficient (Wildman–Crippen LogP) is 0.802. The highest BCUT2D eigenvalue weighted by Crippen LogP contribution is 2.30. The lowest BCUT2D eigenvalue weighted by atomic mass is 10.3. The van der Waals surface area contributed by atoms with Crippen LogP contribution in [-0.2, 0) is 6.54 Å². The molecular formula is C12H16N6O. The molecule has 7 heteroatoms. The van der Waals surface area contributed by atoms with Crippen molar-refractivity contribution < 1.29 is 4.74 Å². The fourth-order valence-corrected chi connectivity index (χ4v) is 1.74. The van der Waals surface area contributed by atoms with E-state index >= 15 is 0 Å². The molecule has 19 heavy (non-hydrogen) atoms. The van der Waals surface area contributed by atoms with Gasteiger partial charge in [-0.25, -0.2) is 15.8 Å². The monoisotopic (exact) mass is 260 g/mol. The molecule has 0 bridgehead atoms. The van der Waals surface area contributed by atoms with Gasteiger partial charge in [-0.2, -0.15) is 0 Å². The zero-order valence-corrected chi connectivity index (χ0v) is 10.9. The Balaban J connectivity index is 2.26. The summed E-state index contributed by atoms with van der Waals surface area (Å²) in [6.45, 7) is 0.609. The van der Waals surface area contributed by atoms with Crippen LogP contribution in [0.25, 0.3) is 0 Å². The lowest BCUT2D eigenvalue weighted by Crippen LogP contribution is -2.21. The molecule has 2 aromatic heterocycles. The number of nitrogens with one attached hydrogen (secondary N) is 1. The van der Waals surface area contributed by atoms with Crippen molar-refractivity contribution in [3.8, 4) is 5.75 Å². The molecular weight excluding hydrogens is 244 g/mol. The molecule has 2 rings (SSSR count). The lowest BCUT2D eigenvalue weighted by Gasteiger charge is -2.20. The van der Waals surface area contributed by atoms with E-state index in [0.29, 0.717) is 23.9 Å². The van der Waals surface area contributed by atoms with Gasteiger partial charge in [0.25, 0.3) is 0 Å². The first-order valence-electron chi connectivity index (χ1n) is 5.73. The van der Waals surface area contributed by atoms with Crippen LogP contribution in [0.5, 0.6) is 5.75 Å². The molecule has 0 radical (unpaired) electrons. The molecule has 7 nitrogen and oxygen atoms in total. The van der Waals surface area contributed by atoms with Crippen LogP contribution in [0.15, 0.2) is 30.7 Å². The molecule has 100 valence electrons. The minimum absolute atomic E-state index is 0.445. The normalized spacial score (nSPS) is 10.1. The molecule has 0 fully saturated rings. The number of pyridine rings is 1. The molecule has 0 aliphatic heterocycles. The maximum Gasteiger partial charge on any atom is 0.205 e. The molecule has 0 unspecified atom stereocenters. The Kier molecular flexibility index (Phi) is 4.09. The fraction of sp³-hybridized carbons (Fsp3) is 0.250. The predicted molar refractivity (Wildman–Crippen MR) is 72.7 cm³/mol. The highest BCUT2D eigenvalue weighted by atomic mass is 16.5. The van der Waals surface area contributed by atoms with Crippen LogP contribution in [0.1, 0.15) is 5.69 Å². The molecule has 0 aromatic carbocycles. The van der Waals surface area contributed by atoms with Crippen LogP contribution in [-0.4, -0.2) is 29.1 Å². The Morgan fingerprint density at radius 1 is 1.32 bits per heavy atom. The van der Waals surface area contributed by atoms with Crippen LogP contribution in [0.4, 0.5) is 11.6 Å². The van der Waals surface area contributed by atoms with Gasteiger partial charge < -0.3 is 15.1 Å². The van der Waals surface area contributed by atoms with Crippen molar-refractivity contribution in [2.45, 2.75) is 6.54 Å². The van der Waals surface area contributed by atoms with Crippen molar-refractivity contribution in [2.24, 2.45) is 5.84 Å². The van der Waals surface area contributed by atoms with Crippen molar-refractivity contribution >= 4 is 11.6 Å². The van der Waals surface area contributed by atoms with Crippen LogP contribution in [0, 0.1) is 0 Å². The number of rotatable bonds is 5. The first kappa shape index (κ1) is 13.0. The largest absolute Gasteiger partial charge is 0.490 e. The number of aromatic nitrogens is 3.